The molecule has 0 spiro atoms. The van der Waals surface area contributed by atoms with Gasteiger partial charge >= 0.3 is 5.97 Å². The first-order chi connectivity index (χ1) is 16.3. The highest BCUT2D eigenvalue weighted by molar-refractivity contribution is 6.06. The summed E-state index contributed by atoms with van der Waals surface area (Å²) in [5, 5.41) is 3.13. The van der Waals surface area contributed by atoms with Gasteiger partial charge < -0.3 is 29.0 Å². The third-order valence-corrected chi connectivity index (χ3v) is 6.74. The van der Waals surface area contributed by atoms with Crippen LogP contribution in [-0.2, 0) is 22.6 Å². The van der Waals surface area contributed by atoms with Crippen LogP contribution in [0.5, 0.6) is 11.5 Å². The van der Waals surface area contributed by atoms with Crippen molar-refractivity contribution in [2.75, 3.05) is 21.3 Å². The zero-order valence-corrected chi connectivity index (χ0v) is 19.9. The topological polar surface area (TPSA) is 112 Å². The summed E-state index contributed by atoms with van der Waals surface area (Å²) in [7, 11) is 4.33. The van der Waals surface area contributed by atoms with Gasteiger partial charge in [0.05, 0.1) is 40.7 Å². The molecule has 0 saturated heterocycles. The molecule has 10 heteroatoms. The Balaban J connectivity index is 1.75. The number of aromatic nitrogens is 2. The summed E-state index contributed by atoms with van der Waals surface area (Å²) < 4.78 is 17.2. The summed E-state index contributed by atoms with van der Waals surface area (Å²) in [6, 6.07) is 5.38. The summed E-state index contributed by atoms with van der Waals surface area (Å²) in [5.74, 6) is -0.287. The number of nitrogens with zero attached hydrogens (tertiary/aromatic N) is 3. The van der Waals surface area contributed by atoms with Crippen molar-refractivity contribution < 1.29 is 28.6 Å². The summed E-state index contributed by atoms with van der Waals surface area (Å²) in [6.45, 7) is 1.98. The molecule has 34 heavy (non-hydrogen) atoms. The van der Waals surface area contributed by atoms with Crippen LogP contribution in [0, 0.1) is 0 Å². The number of carbonyl (C=O) groups excluding carboxylic acids is 3. The lowest BCUT2D eigenvalue weighted by molar-refractivity contribution is -0.134. The second-order valence-corrected chi connectivity index (χ2v) is 8.86. The largest absolute Gasteiger partial charge is 0.497 e. The van der Waals surface area contributed by atoms with E-state index >= 15 is 0 Å². The number of nitrogens with one attached hydrogen (secondary N) is 1. The van der Waals surface area contributed by atoms with Crippen LogP contribution in [0.1, 0.15) is 59.1 Å². The molecule has 1 unspecified atom stereocenters. The lowest BCUT2D eigenvalue weighted by Gasteiger charge is -2.44. The zero-order chi connectivity index (χ0) is 24.5. The molecule has 0 radical (unpaired) electrons. The second-order valence-electron chi connectivity index (χ2n) is 8.86. The molecule has 1 aliphatic carbocycles. The Bertz CT molecular complexity index is 1110. The minimum Gasteiger partial charge on any atom is -0.497 e. The van der Waals surface area contributed by atoms with Gasteiger partial charge in [0.15, 0.2) is 5.69 Å². The lowest BCUT2D eigenvalue weighted by atomic mass is 9.92. The molecule has 10 nitrogen and oxygen atoms in total. The van der Waals surface area contributed by atoms with Gasteiger partial charge in [0, 0.05) is 17.7 Å². The normalized spacial score (nSPS) is 20.1. The predicted molar refractivity (Wildman–Crippen MR) is 122 cm³/mol. The smallest absolute Gasteiger partial charge is 0.359 e. The molecular weight excluding hydrogens is 440 g/mol. The molecule has 1 aliphatic heterocycles. The summed E-state index contributed by atoms with van der Waals surface area (Å²) >= 11 is 0. The van der Waals surface area contributed by atoms with Crippen molar-refractivity contribution in [3.63, 3.8) is 0 Å². The minimum absolute atomic E-state index is 0.0718. The Labute approximate surface area is 198 Å². The highest BCUT2D eigenvalue weighted by Crippen LogP contribution is 2.34. The van der Waals surface area contributed by atoms with E-state index in [9.17, 15) is 14.4 Å². The van der Waals surface area contributed by atoms with Gasteiger partial charge in [-0.05, 0) is 31.9 Å². The van der Waals surface area contributed by atoms with E-state index < -0.39 is 17.4 Å². The van der Waals surface area contributed by atoms with E-state index in [-0.39, 0.29) is 36.4 Å². The molecule has 4 rings (SSSR count). The number of fused-ring (bicyclic) bond motifs is 1. The van der Waals surface area contributed by atoms with E-state index in [2.05, 4.69) is 10.3 Å². The lowest BCUT2D eigenvalue weighted by Crippen LogP contribution is -2.64. The fraction of sp³-hybridized carbons (Fsp3) is 0.500. The van der Waals surface area contributed by atoms with Crippen LogP contribution in [0.15, 0.2) is 24.5 Å². The van der Waals surface area contributed by atoms with Crippen LogP contribution in [-0.4, -0.2) is 65.1 Å². The Morgan fingerprint density at radius 3 is 2.56 bits per heavy atom. The molecule has 1 fully saturated rings. The van der Waals surface area contributed by atoms with Crippen molar-refractivity contribution in [3.8, 4) is 11.5 Å². The molecule has 182 valence electrons. The van der Waals surface area contributed by atoms with Crippen molar-refractivity contribution in [2.45, 2.75) is 57.3 Å². The number of esters is 1. The first kappa shape index (κ1) is 23.6. The van der Waals surface area contributed by atoms with Gasteiger partial charge in [-0.15, -0.1) is 0 Å². The average Bonchev–Trinajstić information content (AvgIpc) is 3.51. The van der Waals surface area contributed by atoms with Crippen LogP contribution in [0.2, 0.25) is 0 Å². The maximum atomic E-state index is 13.8. The van der Waals surface area contributed by atoms with Crippen LogP contribution in [0.4, 0.5) is 0 Å². The molecule has 1 saturated carbocycles. The first-order valence-electron chi connectivity index (χ1n) is 11.3. The highest BCUT2D eigenvalue weighted by atomic mass is 16.5. The number of carbonyl (C=O) groups is 3. The number of amides is 2. The maximum absolute atomic E-state index is 13.8. The number of imidazole rings is 1. The number of benzene rings is 1. The molecule has 1 N–H and O–H groups in total. The molecule has 2 heterocycles. The third kappa shape index (κ3) is 4.08. The van der Waals surface area contributed by atoms with E-state index in [1.165, 1.54) is 25.4 Å². The molecule has 0 bridgehead atoms. The van der Waals surface area contributed by atoms with Crippen molar-refractivity contribution in [1.82, 2.24) is 19.8 Å². The van der Waals surface area contributed by atoms with E-state index in [0.717, 1.165) is 25.7 Å². The quantitative estimate of drug-likeness (QED) is 0.617. The standard InChI is InChI=1S/C24H30N4O6/c1-24(23(31)26-16-7-5-6-8-16)13-27-14-25-19(22(30)34-4)20(27)21(29)28(24)12-15-9-10-17(32-2)11-18(15)33-3/h9-11,14,16H,5-8,12-13H2,1-4H3,(H,26,31). The molecule has 1 aromatic carbocycles. The molecule has 2 amide bonds. The molecular formula is C24H30N4O6. The number of rotatable bonds is 7. The fourth-order valence-corrected chi connectivity index (χ4v) is 4.75. The third-order valence-electron chi connectivity index (χ3n) is 6.74. The Morgan fingerprint density at radius 2 is 1.91 bits per heavy atom. The van der Waals surface area contributed by atoms with Gasteiger partial charge in [0.2, 0.25) is 5.91 Å². The number of hydrogen-bond donors (Lipinski definition) is 1. The van der Waals surface area contributed by atoms with Gasteiger partial charge in [-0.1, -0.05) is 12.8 Å². The fourth-order valence-electron chi connectivity index (χ4n) is 4.75. The minimum atomic E-state index is -1.22. The number of methoxy groups -OCH3 is 3. The van der Waals surface area contributed by atoms with E-state index in [0.29, 0.717) is 17.1 Å². The van der Waals surface area contributed by atoms with Gasteiger partial charge in [0.25, 0.3) is 5.91 Å². The van der Waals surface area contributed by atoms with Crippen molar-refractivity contribution >= 4 is 17.8 Å². The van der Waals surface area contributed by atoms with Crippen LogP contribution < -0.4 is 14.8 Å². The van der Waals surface area contributed by atoms with Gasteiger partial charge in [-0.2, -0.15) is 0 Å². The van der Waals surface area contributed by atoms with Crippen molar-refractivity contribution in [3.05, 3.63) is 41.5 Å². The van der Waals surface area contributed by atoms with Gasteiger partial charge in [0.1, 0.15) is 22.7 Å². The highest BCUT2D eigenvalue weighted by Gasteiger charge is 2.49. The van der Waals surface area contributed by atoms with E-state index in [4.69, 9.17) is 14.2 Å². The Hall–Kier alpha value is -3.56. The summed E-state index contributed by atoms with van der Waals surface area (Å²) in [5.41, 5.74) is -0.488. The van der Waals surface area contributed by atoms with E-state index in [1.807, 2.05) is 0 Å². The maximum Gasteiger partial charge on any atom is 0.359 e. The Morgan fingerprint density at radius 1 is 1.18 bits per heavy atom. The van der Waals surface area contributed by atoms with Crippen molar-refractivity contribution in [1.29, 1.82) is 0 Å². The number of ether oxygens (including phenoxy) is 3. The number of hydrogen-bond acceptors (Lipinski definition) is 7. The van der Waals surface area contributed by atoms with Crippen LogP contribution in [0.25, 0.3) is 0 Å². The summed E-state index contributed by atoms with van der Waals surface area (Å²) in [4.78, 5) is 45.3. The summed E-state index contributed by atoms with van der Waals surface area (Å²) in [6.07, 6.45) is 5.39. The molecule has 1 aromatic heterocycles. The Kier molecular flexibility index (Phi) is 6.49. The molecule has 2 aliphatic rings. The average molecular weight is 471 g/mol. The SMILES string of the molecule is COC(=O)c1ncn2c1C(=O)N(Cc1ccc(OC)cc1OC)C(C)(C(=O)NC1CCCC1)C2. The molecule has 2 aromatic rings. The van der Waals surface area contributed by atoms with Crippen LogP contribution >= 0.6 is 0 Å². The van der Waals surface area contributed by atoms with Crippen molar-refractivity contribution in [2.24, 2.45) is 0 Å². The predicted octanol–water partition coefficient (Wildman–Crippen LogP) is 2.16. The molecule has 1 atom stereocenters. The van der Waals surface area contributed by atoms with Gasteiger partial charge in [-0.3, -0.25) is 9.59 Å². The second kappa shape index (κ2) is 9.36. The van der Waals surface area contributed by atoms with Gasteiger partial charge in [-0.25, -0.2) is 9.78 Å². The zero-order valence-electron chi connectivity index (χ0n) is 19.9. The monoisotopic (exact) mass is 470 g/mol. The first-order valence-corrected chi connectivity index (χ1v) is 11.3. The van der Waals surface area contributed by atoms with E-state index in [1.54, 1.807) is 36.8 Å². The van der Waals surface area contributed by atoms with Crippen LogP contribution in [0.3, 0.4) is 0 Å².